The van der Waals surface area contributed by atoms with Crippen LogP contribution in [0.25, 0.3) is 0 Å². The van der Waals surface area contributed by atoms with Crippen LogP contribution in [0.3, 0.4) is 0 Å². The van der Waals surface area contributed by atoms with E-state index in [1.165, 1.54) is 0 Å². The van der Waals surface area contributed by atoms with E-state index in [1.807, 2.05) is 31.3 Å². The van der Waals surface area contributed by atoms with E-state index in [1.54, 1.807) is 0 Å². The van der Waals surface area contributed by atoms with Crippen LogP contribution >= 0.6 is 11.6 Å². The summed E-state index contributed by atoms with van der Waals surface area (Å²) >= 11 is 5.73. The van der Waals surface area contributed by atoms with Crippen molar-refractivity contribution in [2.24, 2.45) is 0 Å². The topological polar surface area (TPSA) is 12.0 Å². The molecule has 1 nitrogen and oxygen atoms in total. The van der Waals surface area contributed by atoms with Crippen molar-refractivity contribution in [3.63, 3.8) is 0 Å². The predicted octanol–water partition coefficient (Wildman–Crippen LogP) is 2.23. The second kappa shape index (κ2) is 4.15. The summed E-state index contributed by atoms with van der Waals surface area (Å²) in [4.78, 5) is 0. The zero-order valence-corrected chi connectivity index (χ0v) is 7.60. The quantitative estimate of drug-likeness (QED) is 0.687. The van der Waals surface area contributed by atoms with E-state index in [-0.39, 0.29) is 6.04 Å². The molecule has 0 aromatic heterocycles. The van der Waals surface area contributed by atoms with Crippen LogP contribution in [-0.2, 0) is 0 Å². The summed E-state index contributed by atoms with van der Waals surface area (Å²) in [5, 5.41) is 3.74. The molecule has 1 rings (SSSR count). The maximum absolute atomic E-state index is 5.73. The highest BCUT2D eigenvalue weighted by Gasteiger charge is 2.03. The van der Waals surface area contributed by atoms with Crippen LogP contribution in [-0.4, -0.2) is 7.05 Å². The molecule has 0 spiro atoms. The first-order chi connectivity index (χ1) is 5.77. The Bertz CT molecular complexity index is 284. The smallest absolute Gasteiger partial charge is 0.0940 e. The summed E-state index contributed by atoms with van der Waals surface area (Å²) in [6.07, 6.45) is 5.31. The standard InChI is InChI=1S/C10H10ClN/c1-3-10(12-2)8-4-6-9(11)7-5-8/h1,4-7,10,12H,2H3. The summed E-state index contributed by atoms with van der Waals surface area (Å²) in [6, 6.07) is 7.48. The van der Waals surface area contributed by atoms with Gasteiger partial charge in [-0.25, -0.2) is 0 Å². The van der Waals surface area contributed by atoms with E-state index >= 15 is 0 Å². The average molecular weight is 180 g/mol. The first kappa shape index (κ1) is 9.12. The lowest BCUT2D eigenvalue weighted by Gasteiger charge is -2.08. The summed E-state index contributed by atoms with van der Waals surface area (Å²) < 4.78 is 0. The average Bonchev–Trinajstić information content (AvgIpc) is 2.10. The number of terminal acetylenes is 1. The fourth-order valence-corrected chi connectivity index (χ4v) is 1.13. The number of benzene rings is 1. The molecule has 2 heteroatoms. The van der Waals surface area contributed by atoms with Gasteiger partial charge in [-0.05, 0) is 24.7 Å². The molecule has 0 aliphatic carbocycles. The minimum Gasteiger partial charge on any atom is -0.303 e. The Hall–Kier alpha value is -0.970. The zero-order valence-electron chi connectivity index (χ0n) is 6.84. The monoisotopic (exact) mass is 179 g/mol. The number of hydrogen-bond acceptors (Lipinski definition) is 1. The normalized spacial score (nSPS) is 12.1. The van der Waals surface area contributed by atoms with Gasteiger partial charge in [0, 0.05) is 5.02 Å². The maximum atomic E-state index is 5.73. The van der Waals surface area contributed by atoms with Gasteiger partial charge in [-0.15, -0.1) is 6.42 Å². The van der Waals surface area contributed by atoms with E-state index in [9.17, 15) is 0 Å². The summed E-state index contributed by atoms with van der Waals surface area (Å²) in [7, 11) is 1.83. The number of nitrogens with one attached hydrogen (secondary N) is 1. The van der Waals surface area contributed by atoms with E-state index in [0.717, 1.165) is 10.6 Å². The third-order valence-electron chi connectivity index (χ3n) is 1.66. The summed E-state index contributed by atoms with van der Waals surface area (Å²) in [5.41, 5.74) is 1.06. The molecule has 1 aromatic rings. The molecular weight excluding hydrogens is 170 g/mol. The number of halogens is 1. The van der Waals surface area contributed by atoms with Gasteiger partial charge in [0.25, 0.3) is 0 Å². The molecule has 0 fully saturated rings. The fraction of sp³-hybridized carbons (Fsp3) is 0.200. The highest BCUT2D eigenvalue weighted by Crippen LogP contribution is 2.15. The van der Waals surface area contributed by atoms with Gasteiger partial charge < -0.3 is 5.32 Å². The molecule has 0 aliphatic rings. The van der Waals surface area contributed by atoms with Crippen molar-refractivity contribution in [3.05, 3.63) is 34.9 Å². The van der Waals surface area contributed by atoms with Crippen molar-refractivity contribution >= 4 is 11.6 Å². The van der Waals surface area contributed by atoms with Crippen LogP contribution in [0.1, 0.15) is 11.6 Å². The van der Waals surface area contributed by atoms with E-state index in [0.29, 0.717) is 0 Å². The third-order valence-corrected chi connectivity index (χ3v) is 1.91. The molecule has 0 amide bonds. The SMILES string of the molecule is C#CC(NC)c1ccc(Cl)cc1. The van der Waals surface area contributed by atoms with Gasteiger partial charge in [-0.1, -0.05) is 29.7 Å². The summed E-state index contributed by atoms with van der Waals surface area (Å²) in [6.45, 7) is 0. The Kier molecular flexibility index (Phi) is 3.16. The van der Waals surface area contributed by atoms with Gasteiger partial charge in [0.2, 0.25) is 0 Å². The molecule has 1 unspecified atom stereocenters. The van der Waals surface area contributed by atoms with Crippen molar-refractivity contribution in [2.45, 2.75) is 6.04 Å². The van der Waals surface area contributed by atoms with Gasteiger partial charge in [-0.2, -0.15) is 0 Å². The van der Waals surface area contributed by atoms with Gasteiger partial charge in [0.05, 0.1) is 6.04 Å². The van der Waals surface area contributed by atoms with Crippen LogP contribution in [0.2, 0.25) is 5.02 Å². The molecule has 12 heavy (non-hydrogen) atoms. The van der Waals surface area contributed by atoms with Crippen molar-refractivity contribution in [1.29, 1.82) is 0 Å². The lowest BCUT2D eigenvalue weighted by Crippen LogP contribution is -2.13. The predicted molar refractivity (Wildman–Crippen MR) is 52.1 cm³/mol. The Balaban J connectivity index is 2.89. The third kappa shape index (κ3) is 2.01. The molecular formula is C10H10ClN. The van der Waals surface area contributed by atoms with Crippen LogP contribution in [0, 0.1) is 12.3 Å². The lowest BCUT2D eigenvalue weighted by molar-refractivity contribution is 0.737. The molecule has 1 N–H and O–H groups in total. The fourth-order valence-electron chi connectivity index (χ4n) is 1.00. The molecule has 1 aromatic carbocycles. The van der Waals surface area contributed by atoms with E-state index < -0.39 is 0 Å². The Morgan fingerprint density at radius 3 is 2.42 bits per heavy atom. The Morgan fingerprint density at radius 1 is 1.42 bits per heavy atom. The van der Waals surface area contributed by atoms with E-state index in [2.05, 4.69) is 11.2 Å². The first-order valence-electron chi connectivity index (χ1n) is 3.67. The second-order valence-corrected chi connectivity index (χ2v) is 2.88. The number of hydrogen-bond donors (Lipinski definition) is 1. The van der Waals surface area contributed by atoms with Gasteiger partial charge in [-0.3, -0.25) is 0 Å². The molecule has 0 radical (unpaired) electrons. The minimum absolute atomic E-state index is 0.0257. The minimum atomic E-state index is -0.0257. The van der Waals surface area contributed by atoms with Crippen LogP contribution in [0.4, 0.5) is 0 Å². The Labute approximate surface area is 77.7 Å². The first-order valence-corrected chi connectivity index (χ1v) is 4.04. The molecule has 0 bridgehead atoms. The van der Waals surface area contributed by atoms with Crippen molar-refractivity contribution in [3.8, 4) is 12.3 Å². The summed E-state index contributed by atoms with van der Waals surface area (Å²) in [5.74, 6) is 2.63. The molecule has 1 atom stereocenters. The van der Waals surface area contributed by atoms with Crippen LogP contribution < -0.4 is 5.32 Å². The largest absolute Gasteiger partial charge is 0.303 e. The molecule has 0 heterocycles. The van der Waals surface area contributed by atoms with Crippen molar-refractivity contribution in [1.82, 2.24) is 5.32 Å². The maximum Gasteiger partial charge on any atom is 0.0940 e. The van der Waals surface area contributed by atoms with Crippen LogP contribution in [0.15, 0.2) is 24.3 Å². The lowest BCUT2D eigenvalue weighted by atomic mass is 10.1. The zero-order chi connectivity index (χ0) is 8.97. The van der Waals surface area contributed by atoms with Gasteiger partial charge in [0.1, 0.15) is 0 Å². The number of rotatable bonds is 2. The molecule has 0 aliphatic heterocycles. The van der Waals surface area contributed by atoms with Crippen LogP contribution in [0.5, 0.6) is 0 Å². The Morgan fingerprint density at radius 2 is 2.00 bits per heavy atom. The van der Waals surface area contributed by atoms with Crippen molar-refractivity contribution in [2.75, 3.05) is 7.05 Å². The van der Waals surface area contributed by atoms with E-state index in [4.69, 9.17) is 18.0 Å². The second-order valence-electron chi connectivity index (χ2n) is 2.44. The highest BCUT2D eigenvalue weighted by atomic mass is 35.5. The molecule has 0 saturated heterocycles. The highest BCUT2D eigenvalue weighted by molar-refractivity contribution is 6.30. The molecule has 0 saturated carbocycles. The molecule has 62 valence electrons. The van der Waals surface area contributed by atoms with Crippen molar-refractivity contribution < 1.29 is 0 Å². The van der Waals surface area contributed by atoms with Gasteiger partial charge in [0.15, 0.2) is 0 Å². The van der Waals surface area contributed by atoms with Gasteiger partial charge >= 0.3 is 0 Å².